The molecule has 1 atom stereocenters. The largest absolute Gasteiger partial charge is 0.322 e. The number of aromatic nitrogens is 3. The van der Waals surface area contributed by atoms with E-state index in [9.17, 15) is 0 Å². The van der Waals surface area contributed by atoms with Crippen molar-refractivity contribution in [1.29, 1.82) is 0 Å². The van der Waals surface area contributed by atoms with Gasteiger partial charge in [-0.3, -0.25) is 4.68 Å². The first kappa shape index (κ1) is 22.5. The lowest BCUT2D eigenvalue weighted by atomic mass is 9.91. The number of nitrogens with two attached hydrogens (primary N) is 1. The Morgan fingerprint density at radius 2 is 1.52 bits per heavy atom. The molecule has 0 saturated heterocycles. The van der Waals surface area contributed by atoms with Crippen molar-refractivity contribution in [3.05, 3.63) is 119 Å². The molecule has 1 unspecified atom stereocenters. The molecular weight excluding hydrogens is 406 g/mol. The fraction of sp³-hybridized carbons (Fsp3) is 0.214. The van der Waals surface area contributed by atoms with Crippen molar-refractivity contribution >= 4 is 0 Å². The lowest BCUT2D eigenvalue weighted by Gasteiger charge is -2.18. The molecule has 3 N–H and O–H groups in total. The molecule has 0 bridgehead atoms. The predicted octanol–water partition coefficient (Wildman–Crippen LogP) is 4.27. The summed E-state index contributed by atoms with van der Waals surface area (Å²) in [7, 11) is 0. The fourth-order valence-corrected chi connectivity index (χ4v) is 3.92. The number of rotatable bonds is 9. The second-order valence-corrected chi connectivity index (χ2v) is 8.04. The molecule has 0 aliphatic heterocycles. The lowest BCUT2D eigenvalue weighted by Crippen LogP contribution is -2.22. The molecule has 5 heteroatoms. The van der Waals surface area contributed by atoms with Crippen molar-refractivity contribution in [2.75, 3.05) is 6.54 Å². The minimum Gasteiger partial charge on any atom is -0.322 e. The zero-order chi connectivity index (χ0) is 22.9. The minimum absolute atomic E-state index is 0.156. The Hall–Kier alpha value is -3.72. The fourth-order valence-electron chi connectivity index (χ4n) is 3.92. The lowest BCUT2D eigenvalue weighted by molar-refractivity contribution is 0.513. The molecule has 1 aromatic heterocycles. The maximum atomic E-state index is 6.39. The van der Waals surface area contributed by atoms with Crippen LogP contribution in [0.25, 0.3) is 0 Å². The monoisotopic (exact) mass is 435 g/mol. The van der Waals surface area contributed by atoms with E-state index < -0.39 is 0 Å². The number of hydrogen-bond acceptors (Lipinski definition) is 4. The van der Waals surface area contributed by atoms with Crippen LogP contribution in [0.3, 0.4) is 0 Å². The average Bonchev–Trinajstić information content (AvgIpc) is 3.30. The van der Waals surface area contributed by atoms with Gasteiger partial charge in [0.2, 0.25) is 0 Å². The van der Waals surface area contributed by atoms with E-state index in [1.807, 2.05) is 42.1 Å². The first-order valence-corrected chi connectivity index (χ1v) is 11.2. The van der Waals surface area contributed by atoms with Gasteiger partial charge in [0.05, 0.1) is 12.2 Å². The maximum Gasteiger partial charge on any atom is 0.0964 e. The van der Waals surface area contributed by atoms with Gasteiger partial charge in [-0.05, 0) is 35.7 Å². The number of benzene rings is 3. The summed E-state index contributed by atoms with van der Waals surface area (Å²) in [5, 5.41) is 12.1. The summed E-state index contributed by atoms with van der Waals surface area (Å²) >= 11 is 0. The van der Waals surface area contributed by atoms with Gasteiger partial charge in [-0.15, -0.1) is 11.0 Å². The molecule has 0 aliphatic rings. The molecule has 5 nitrogen and oxygen atoms in total. The minimum atomic E-state index is -0.156. The zero-order valence-corrected chi connectivity index (χ0v) is 18.9. The number of nitrogens with one attached hydrogen (secondary N) is 1. The smallest absolute Gasteiger partial charge is 0.0964 e. The van der Waals surface area contributed by atoms with Crippen LogP contribution in [0.15, 0.2) is 91.1 Å². The number of nitrogens with zero attached hydrogens (tertiary/aromatic N) is 3. The summed E-state index contributed by atoms with van der Waals surface area (Å²) in [4.78, 5) is 0. The van der Waals surface area contributed by atoms with Gasteiger partial charge in [0, 0.05) is 36.8 Å². The van der Waals surface area contributed by atoms with Gasteiger partial charge < -0.3 is 11.1 Å². The van der Waals surface area contributed by atoms with Crippen LogP contribution in [0, 0.1) is 11.8 Å². The van der Waals surface area contributed by atoms with Gasteiger partial charge in [0.25, 0.3) is 0 Å². The third kappa shape index (κ3) is 6.17. The molecule has 4 aromatic rings. The third-order valence-electron chi connectivity index (χ3n) is 5.64. The Bertz CT molecular complexity index is 1150. The van der Waals surface area contributed by atoms with Crippen molar-refractivity contribution in [3.63, 3.8) is 0 Å². The summed E-state index contributed by atoms with van der Waals surface area (Å²) in [6.07, 6.45) is 1.96. The van der Waals surface area contributed by atoms with Gasteiger partial charge in [-0.25, -0.2) is 0 Å². The maximum absolute atomic E-state index is 6.39. The predicted molar refractivity (Wildman–Crippen MR) is 132 cm³/mol. The van der Waals surface area contributed by atoms with Gasteiger partial charge in [-0.2, -0.15) is 0 Å². The van der Waals surface area contributed by atoms with Crippen LogP contribution in [-0.4, -0.2) is 21.5 Å². The van der Waals surface area contributed by atoms with Gasteiger partial charge in [0.15, 0.2) is 0 Å². The van der Waals surface area contributed by atoms with Crippen LogP contribution < -0.4 is 11.1 Å². The van der Waals surface area contributed by atoms with E-state index in [2.05, 4.69) is 88.1 Å². The zero-order valence-electron chi connectivity index (χ0n) is 18.9. The van der Waals surface area contributed by atoms with Crippen LogP contribution in [0.2, 0.25) is 0 Å². The highest BCUT2D eigenvalue weighted by Crippen LogP contribution is 2.23. The van der Waals surface area contributed by atoms with Crippen molar-refractivity contribution in [3.8, 4) is 11.8 Å². The number of hydrogen-bond donors (Lipinski definition) is 2. The first-order chi connectivity index (χ1) is 16.2. The highest BCUT2D eigenvalue weighted by Gasteiger charge is 2.14. The molecule has 0 spiro atoms. The molecule has 166 valence electrons. The van der Waals surface area contributed by atoms with E-state index in [-0.39, 0.29) is 12.0 Å². The van der Waals surface area contributed by atoms with Gasteiger partial charge >= 0.3 is 0 Å². The van der Waals surface area contributed by atoms with Crippen LogP contribution in [0.4, 0.5) is 0 Å². The third-order valence-corrected chi connectivity index (χ3v) is 5.64. The Morgan fingerprint density at radius 1 is 0.879 bits per heavy atom. The molecule has 0 amide bonds. The van der Waals surface area contributed by atoms with Crippen LogP contribution in [0.5, 0.6) is 0 Å². The van der Waals surface area contributed by atoms with Crippen molar-refractivity contribution in [2.45, 2.75) is 32.0 Å². The Kier molecular flexibility index (Phi) is 7.65. The normalized spacial score (nSPS) is 11.7. The molecular formula is C28H29N5. The molecule has 3 aromatic carbocycles. The van der Waals surface area contributed by atoms with Crippen molar-refractivity contribution in [2.24, 2.45) is 5.73 Å². The van der Waals surface area contributed by atoms with E-state index >= 15 is 0 Å². The van der Waals surface area contributed by atoms with Crippen LogP contribution in [-0.2, 0) is 13.1 Å². The Morgan fingerprint density at radius 3 is 2.12 bits per heavy atom. The quantitative estimate of drug-likeness (QED) is 0.385. The molecule has 33 heavy (non-hydrogen) atoms. The molecule has 0 aliphatic carbocycles. The van der Waals surface area contributed by atoms with E-state index in [0.29, 0.717) is 13.1 Å². The van der Waals surface area contributed by atoms with Crippen molar-refractivity contribution in [1.82, 2.24) is 20.3 Å². The summed E-state index contributed by atoms with van der Waals surface area (Å²) < 4.78 is 1.81. The Balaban J connectivity index is 1.34. The summed E-state index contributed by atoms with van der Waals surface area (Å²) in [5.41, 5.74) is 11.9. The van der Waals surface area contributed by atoms with E-state index in [1.165, 1.54) is 11.1 Å². The van der Waals surface area contributed by atoms with E-state index in [1.54, 1.807) is 0 Å². The van der Waals surface area contributed by atoms with Crippen LogP contribution in [0.1, 0.15) is 46.8 Å². The summed E-state index contributed by atoms with van der Waals surface area (Å²) in [6, 6.07) is 29.1. The van der Waals surface area contributed by atoms with Crippen LogP contribution >= 0.6 is 0 Å². The average molecular weight is 436 g/mol. The van der Waals surface area contributed by atoms with Gasteiger partial charge in [0.1, 0.15) is 0 Å². The van der Waals surface area contributed by atoms with E-state index in [0.717, 1.165) is 23.4 Å². The molecule has 4 rings (SSSR count). The molecule has 1 heterocycles. The molecule has 0 radical (unpaired) electrons. The first-order valence-electron chi connectivity index (χ1n) is 11.2. The topological polar surface area (TPSA) is 68.8 Å². The second kappa shape index (κ2) is 11.2. The highest BCUT2D eigenvalue weighted by atomic mass is 15.4. The van der Waals surface area contributed by atoms with Gasteiger partial charge in [-0.1, -0.05) is 83.9 Å². The SMILES string of the molecule is CC#Cc1ccc(C(N)Cn2cc(CNCC(c3ccccc3)c3ccccc3)nn2)cc1. The Labute approximate surface area is 195 Å². The highest BCUT2D eigenvalue weighted by molar-refractivity contribution is 5.36. The molecule has 0 fully saturated rings. The molecule has 0 saturated carbocycles. The van der Waals surface area contributed by atoms with E-state index in [4.69, 9.17) is 5.73 Å². The standard InChI is InChI=1S/C28H29N5/c1-2-9-22-14-16-25(17-15-22)28(29)21-33-20-26(31-32-33)18-30-19-27(23-10-5-3-6-11-23)24-12-7-4-8-13-24/h3-8,10-17,20,27-28,30H,18-19,21,29H2,1H3. The van der Waals surface area contributed by atoms with Crippen molar-refractivity contribution < 1.29 is 0 Å². The second-order valence-electron chi connectivity index (χ2n) is 8.04. The summed E-state index contributed by atoms with van der Waals surface area (Å²) in [5.74, 6) is 6.23. The summed E-state index contributed by atoms with van der Waals surface area (Å²) in [6.45, 7) is 3.87.